The molecule has 0 saturated heterocycles. The van der Waals surface area contributed by atoms with Crippen LogP contribution in [0.5, 0.6) is 0 Å². The number of hydrogen-bond donors (Lipinski definition) is 1. The van der Waals surface area contributed by atoms with Gasteiger partial charge in [0.25, 0.3) is 0 Å². The topological polar surface area (TPSA) is 28.4 Å². The Kier molecular flexibility index (Phi) is 5.68. The molecule has 144 valence electrons. The third kappa shape index (κ3) is 3.78. The number of likely N-dealkylation sites (N-methyl/N-ethyl adjacent to an activating group) is 1. The second-order valence-corrected chi connectivity index (χ2v) is 7.43. The van der Waals surface area contributed by atoms with Gasteiger partial charge in [-0.25, -0.2) is 4.39 Å². The van der Waals surface area contributed by atoms with Crippen molar-refractivity contribution in [3.05, 3.63) is 70.7 Å². The van der Waals surface area contributed by atoms with E-state index in [1.165, 1.54) is 39.9 Å². The van der Waals surface area contributed by atoms with Crippen LogP contribution in [0.2, 0.25) is 0 Å². The molecular weight excluding hydrogens is 339 g/mol. The molecule has 3 aromatic rings. The van der Waals surface area contributed by atoms with E-state index in [1.807, 2.05) is 0 Å². The van der Waals surface area contributed by atoms with Gasteiger partial charge in [0.2, 0.25) is 0 Å². The molecule has 0 amide bonds. The average Bonchev–Trinajstić information content (AvgIpc) is 2.76. The lowest BCUT2D eigenvalue weighted by atomic mass is 10.1. The van der Waals surface area contributed by atoms with E-state index in [0.717, 1.165) is 31.5 Å². The van der Waals surface area contributed by atoms with Crippen molar-refractivity contribution in [3.8, 4) is 0 Å². The summed E-state index contributed by atoms with van der Waals surface area (Å²) in [5, 5.41) is 12.1. The van der Waals surface area contributed by atoms with Gasteiger partial charge < -0.3 is 14.6 Å². The van der Waals surface area contributed by atoms with Crippen molar-refractivity contribution in [2.75, 3.05) is 20.1 Å². The summed E-state index contributed by atoms with van der Waals surface area (Å²) in [7, 11) is 2.16. The Balaban J connectivity index is 0.00000210. The molecule has 1 aromatic heterocycles. The van der Waals surface area contributed by atoms with Gasteiger partial charge in [0.15, 0.2) is 0 Å². The molecule has 1 aliphatic rings. The van der Waals surface area contributed by atoms with Gasteiger partial charge in [-0.05, 0) is 55.8 Å². The van der Waals surface area contributed by atoms with E-state index >= 15 is 0 Å². The zero-order chi connectivity index (χ0) is 18.3. The summed E-state index contributed by atoms with van der Waals surface area (Å²) in [5.41, 5.74) is 5.94. The third-order valence-electron chi connectivity index (χ3n) is 5.53. The Morgan fingerprint density at radius 2 is 1.78 bits per heavy atom. The lowest BCUT2D eigenvalue weighted by molar-refractivity contribution is 0.157. The van der Waals surface area contributed by atoms with Gasteiger partial charge in [-0.3, -0.25) is 0 Å². The number of benzene rings is 2. The second kappa shape index (κ2) is 7.83. The van der Waals surface area contributed by atoms with Crippen molar-refractivity contribution < 1.29 is 9.50 Å². The summed E-state index contributed by atoms with van der Waals surface area (Å²) < 4.78 is 15.5. The predicted octanol–water partition coefficient (Wildman–Crippen LogP) is 4.49. The highest BCUT2D eigenvalue weighted by atomic mass is 19.1. The maximum absolute atomic E-state index is 13.2. The average molecular weight is 368 g/mol. The molecule has 4 rings (SSSR count). The first-order chi connectivity index (χ1) is 12.5. The summed E-state index contributed by atoms with van der Waals surface area (Å²) in [4.78, 5) is 2.36. The quantitative estimate of drug-likeness (QED) is 0.738. The van der Waals surface area contributed by atoms with E-state index in [0.29, 0.717) is 6.54 Å². The first-order valence-electron chi connectivity index (χ1n) is 9.25. The normalized spacial score (nSPS) is 15.9. The Morgan fingerprint density at radius 1 is 1.07 bits per heavy atom. The highest BCUT2D eigenvalue weighted by Gasteiger charge is 2.22. The number of aryl methyl sites for hydroxylation is 1. The van der Waals surface area contributed by atoms with Gasteiger partial charge in [-0.15, -0.1) is 0 Å². The van der Waals surface area contributed by atoms with E-state index in [9.17, 15) is 9.50 Å². The lowest BCUT2D eigenvalue weighted by Crippen LogP contribution is -2.21. The van der Waals surface area contributed by atoms with Crippen molar-refractivity contribution in [1.29, 1.82) is 0 Å². The molecule has 1 unspecified atom stereocenters. The van der Waals surface area contributed by atoms with E-state index in [2.05, 4.69) is 41.6 Å². The number of aliphatic hydroxyl groups is 1. The Morgan fingerprint density at radius 3 is 2.52 bits per heavy atom. The molecular formula is C23H29FN2O. The predicted molar refractivity (Wildman–Crippen MR) is 110 cm³/mol. The lowest BCUT2D eigenvalue weighted by Gasteiger charge is -2.17. The molecule has 4 heteroatoms. The number of hydrogen-bond acceptors (Lipinski definition) is 2. The van der Waals surface area contributed by atoms with Gasteiger partial charge in [0.1, 0.15) is 5.82 Å². The molecule has 0 radical (unpaired) electrons. The largest absolute Gasteiger partial charge is 0.387 e. The first-order valence-corrected chi connectivity index (χ1v) is 9.25. The zero-order valence-electron chi connectivity index (χ0n) is 15.4. The van der Waals surface area contributed by atoms with E-state index in [4.69, 9.17) is 0 Å². The Labute approximate surface area is 161 Å². The van der Waals surface area contributed by atoms with Gasteiger partial charge in [0, 0.05) is 36.1 Å². The summed E-state index contributed by atoms with van der Waals surface area (Å²) >= 11 is 0. The summed E-state index contributed by atoms with van der Waals surface area (Å²) in [6.07, 6.45) is 1.36. The fourth-order valence-electron chi connectivity index (χ4n) is 4.04. The fourth-order valence-corrected chi connectivity index (χ4v) is 4.04. The summed E-state index contributed by atoms with van der Waals surface area (Å²) in [6.45, 7) is 4.69. The van der Waals surface area contributed by atoms with E-state index < -0.39 is 6.10 Å². The van der Waals surface area contributed by atoms with Crippen molar-refractivity contribution >= 4 is 10.9 Å². The van der Waals surface area contributed by atoms with Crippen LogP contribution in [0.4, 0.5) is 4.39 Å². The first kappa shape index (κ1) is 19.6. The number of halogens is 1. The molecule has 27 heavy (non-hydrogen) atoms. The van der Waals surface area contributed by atoms with Gasteiger partial charge in [-0.2, -0.15) is 0 Å². The number of fused-ring (bicyclic) bond motifs is 3. The molecule has 1 aliphatic heterocycles. The standard InChI is InChI=1S/C22H25FN2O.CH4/c1-15-3-8-20-19(13-15)18-9-11-24(2)12-10-21(18)25(20)14-22(26)16-4-6-17(23)7-5-16;/h3-8,13,22,26H,9-12,14H2,1-2H3;1H4. The second-order valence-electron chi connectivity index (χ2n) is 7.43. The Hall–Kier alpha value is -2.17. The van der Waals surface area contributed by atoms with Crippen LogP contribution in [0, 0.1) is 12.7 Å². The van der Waals surface area contributed by atoms with Crippen molar-refractivity contribution in [3.63, 3.8) is 0 Å². The third-order valence-corrected chi connectivity index (χ3v) is 5.53. The van der Waals surface area contributed by atoms with Crippen molar-refractivity contribution in [2.45, 2.75) is 39.8 Å². The summed E-state index contributed by atoms with van der Waals surface area (Å²) in [5.74, 6) is -0.278. The van der Waals surface area contributed by atoms with Crippen LogP contribution in [0.1, 0.15) is 35.9 Å². The van der Waals surface area contributed by atoms with E-state index in [-0.39, 0.29) is 13.2 Å². The van der Waals surface area contributed by atoms with Crippen molar-refractivity contribution in [2.24, 2.45) is 0 Å². The molecule has 2 aromatic carbocycles. The molecule has 0 bridgehead atoms. The van der Waals surface area contributed by atoms with Crippen LogP contribution in [0.15, 0.2) is 42.5 Å². The van der Waals surface area contributed by atoms with Crippen LogP contribution < -0.4 is 0 Å². The van der Waals surface area contributed by atoms with E-state index in [1.54, 1.807) is 12.1 Å². The van der Waals surface area contributed by atoms with Gasteiger partial charge >= 0.3 is 0 Å². The van der Waals surface area contributed by atoms with Crippen LogP contribution in [0.3, 0.4) is 0 Å². The minimum absolute atomic E-state index is 0. The molecule has 1 atom stereocenters. The molecule has 0 spiro atoms. The number of rotatable bonds is 3. The highest BCUT2D eigenvalue weighted by Crippen LogP contribution is 2.31. The summed E-state index contributed by atoms with van der Waals surface area (Å²) in [6, 6.07) is 12.7. The number of nitrogens with zero attached hydrogens (tertiary/aromatic N) is 2. The monoisotopic (exact) mass is 368 g/mol. The van der Waals surface area contributed by atoms with Gasteiger partial charge in [-0.1, -0.05) is 31.2 Å². The molecule has 0 fully saturated rings. The minimum atomic E-state index is -0.655. The Bertz CT molecular complexity index is 930. The minimum Gasteiger partial charge on any atom is -0.387 e. The van der Waals surface area contributed by atoms with Crippen LogP contribution in [0.25, 0.3) is 10.9 Å². The molecule has 1 N–H and O–H groups in total. The maximum atomic E-state index is 13.2. The van der Waals surface area contributed by atoms with Crippen LogP contribution in [-0.4, -0.2) is 34.7 Å². The molecule has 2 heterocycles. The van der Waals surface area contributed by atoms with Gasteiger partial charge in [0.05, 0.1) is 12.6 Å². The molecule has 0 saturated carbocycles. The highest BCUT2D eigenvalue weighted by molar-refractivity contribution is 5.86. The van der Waals surface area contributed by atoms with Crippen LogP contribution in [-0.2, 0) is 19.4 Å². The molecule has 3 nitrogen and oxygen atoms in total. The van der Waals surface area contributed by atoms with Crippen molar-refractivity contribution in [1.82, 2.24) is 9.47 Å². The number of aliphatic hydroxyl groups excluding tert-OH is 1. The van der Waals surface area contributed by atoms with Crippen LogP contribution >= 0.6 is 0 Å². The fraction of sp³-hybridized carbons (Fsp3) is 0.391. The SMILES string of the molecule is C.Cc1ccc2c(c1)c1c(n2CC(O)c2ccc(F)cc2)CCN(C)CC1. The smallest absolute Gasteiger partial charge is 0.123 e. The number of aromatic nitrogens is 1. The maximum Gasteiger partial charge on any atom is 0.123 e. The zero-order valence-corrected chi connectivity index (χ0v) is 15.4. The molecule has 0 aliphatic carbocycles.